The van der Waals surface area contributed by atoms with Gasteiger partial charge in [0.15, 0.2) is 5.58 Å². The fraction of sp³-hybridized carbons (Fsp3) is 0.0714. The summed E-state index contributed by atoms with van der Waals surface area (Å²) in [6.45, 7) is 0. The summed E-state index contributed by atoms with van der Waals surface area (Å²) >= 11 is 6.00. The number of ether oxygens (including phenoxy) is 1. The maximum Gasteiger partial charge on any atom is 0.417 e. The molecular formula is C14H11ClN2O5S. The number of benzene rings is 2. The minimum atomic E-state index is -3.91. The minimum Gasteiger partial charge on any atom is -0.497 e. The smallest absolute Gasteiger partial charge is 0.417 e. The first-order chi connectivity index (χ1) is 10.9. The summed E-state index contributed by atoms with van der Waals surface area (Å²) < 4.78 is 37.2. The summed E-state index contributed by atoms with van der Waals surface area (Å²) in [5.74, 6) is -0.197. The molecule has 2 N–H and O–H groups in total. The van der Waals surface area contributed by atoms with E-state index in [-0.39, 0.29) is 21.2 Å². The summed E-state index contributed by atoms with van der Waals surface area (Å²) in [4.78, 5) is 13.5. The monoisotopic (exact) mass is 354 g/mol. The van der Waals surface area contributed by atoms with Crippen molar-refractivity contribution in [1.82, 2.24) is 4.98 Å². The van der Waals surface area contributed by atoms with Crippen molar-refractivity contribution in [3.63, 3.8) is 0 Å². The lowest BCUT2D eigenvalue weighted by Gasteiger charge is -2.11. The maximum atomic E-state index is 12.5. The van der Waals surface area contributed by atoms with E-state index in [1.807, 2.05) is 0 Å². The molecule has 0 saturated heterocycles. The lowest BCUT2D eigenvalue weighted by molar-refractivity contribution is 0.415. The highest BCUT2D eigenvalue weighted by atomic mass is 35.5. The van der Waals surface area contributed by atoms with Gasteiger partial charge in [0, 0.05) is 12.1 Å². The molecule has 0 spiro atoms. The van der Waals surface area contributed by atoms with E-state index in [2.05, 4.69) is 9.71 Å². The molecule has 9 heteroatoms. The summed E-state index contributed by atoms with van der Waals surface area (Å²) in [6, 6.07) is 8.65. The molecule has 0 unspecified atom stereocenters. The number of anilines is 1. The molecular weight excluding hydrogens is 344 g/mol. The average Bonchev–Trinajstić information content (AvgIpc) is 2.88. The third-order valence-corrected chi connectivity index (χ3v) is 4.81. The van der Waals surface area contributed by atoms with Crippen LogP contribution >= 0.6 is 11.6 Å². The van der Waals surface area contributed by atoms with Crippen LogP contribution in [0.4, 0.5) is 5.69 Å². The SMILES string of the molecule is COc1ccc(Cl)c(NS(=O)(=O)c2ccc3[nH]c(=O)oc3c2)c1. The minimum absolute atomic E-state index is 0.0633. The number of rotatable bonds is 4. The summed E-state index contributed by atoms with van der Waals surface area (Å²) in [5.41, 5.74) is 0.740. The third-order valence-electron chi connectivity index (χ3n) is 3.12. The second-order valence-corrected chi connectivity index (χ2v) is 6.71. The van der Waals surface area contributed by atoms with Crippen LogP contribution in [0.2, 0.25) is 5.02 Å². The molecule has 0 aliphatic heterocycles. The van der Waals surface area contributed by atoms with Crippen LogP contribution in [0.5, 0.6) is 5.75 Å². The lowest BCUT2D eigenvalue weighted by Crippen LogP contribution is -2.13. The van der Waals surface area contributed by atoms with Crippen LogP contribution in [0, 0.1) is 0 Å². The van der Waals surface area contributed by atoms with E-state index in [0.717, 1.165) is 0 Å². The number of methoxy groups -OCH3 is 1. The standard InChI is InChI=1S/C14H11ClN2O5S/c1-21-8-2-4-10(15)12(6-8)17-23(19,20)9-3-5-11-13(7-9)22-14(18)16-11/h2-7,17H,1H3,(H,16,18). The zero-order valence-electron chi connectivity index (χ0n) is 11.8. The molecule has 0 aliphatic rings. The highest BCUT2D eigenvalue weighted by Gasteiger charge is 2.18. The molecule has 0 bridgehead atoms. The zero-order valence-corrected chi connectivity index (χ0v) is 13.4. The summed E-state index contributed by atoms with van der Waals surface area (Å²) in [5, 5.41) is 0.226. The van der Waals surface area contributed by atoms with Gasteiger partial charge in [0.25, 0.3) is 10.0 Å². The van der Waals surface area contributed by atoms with Gasteiger partial charge in [-0.1, -0.05) is 11.6 Å². The van der Waals surface area contributed by atoms with E-state index in [0.29, 0.717) is 11.3 Å². The van der Waals surface area contributed by atoms with Crippen LogP contribution < -0.4 is 15.2 Å². The molecule has 2 aromatic carbocycles. The fourth-order valence-electron chi connectivity index (χ4n) is 2.01. The van der Waals surface area contributed by atoms with Crippen molar-refractivity contribution in [2.24, 2.45) is 0 Å². The molecule has 1 aromatic heterocycles. The first kappa shape index (κ1) is 15.4. The average molecular weight is 355 g/mol. The molecule has 120 valence electrons. The van der Waals surface area contributed by atoms with Gasteiger partial charge in [-0.3, -0.25) is 9.71 Å². The Bertz CT molecular complexity index is 1040. The summed E-state index contributed by atoms with van der Waals surface area (Å²) in [7, 11) is -2.45. The van der Waals surface area contributed by atoms with Crippen LogP contribution in [0.15, 0.2) is 50.5 Å². The van der Waals surface area contributed by atoms with Gasteiger partial charge in [-0.05, 0) is 24.3 Å². The Morgan fingerprint density at radius 3 is 2.74 bits per heavy atom. The highest BCUT2D eigenvalue weighted by molar-refractivity contribution is 7.92. The van der Waals surface area contributed by atoms with Gasteiger partial charge in [0.05, 0.1) is 28.2 Å². The molecule has 1 heterocycles. The van der Waals surface area contributed by atoms with E-state index >= 15 is 0 Å². The van der Waals surface area contributed by atoms with Crippen molar-refractivity contribution in [2.75, 3.05) is 11.8 Å². The second kappa shape index (κ2) is 5.64. The van der Waals surface area contributed by atoms with Crippen LogP contribution in [-0.4, -0.2) is 20.5 Å². The normalized spacial score (nSPS) is 11.6. The van der Waals surface area contributed by atoms with Gasteiger partial charge < -0.3 is 9.15 Å². The molecule has 0 radical (unpaired) electrons. The quantitative estimate of drug-likeness (QED) is 0.749. The van der Waals surface area contributed by atoms with Crippen LogP contribution in [0.3, 0.4) is 0 Å². The van der Waals surface area contributed by atoms with Crippen molar-refractivity contribution < 1.29 is 17.6 Å². The molecule has 0 atom stereocenters. The Morgan fingerprint density at radius 1 is 1.22 bits per heavy atom. The van der Waals surface area contributed by atoms with Gasteiger partial charge >= 0.3 is 5.76 Å². The van der Waals surface area contributed by atoms with E-state index in [1.165, 1.54) is 37.4 Å². The van der Waals surface area contributed by atoms with Crippen molar-refractivity contribution >= 4 is 38.4 Å². The lowest BCUT2D eigenvalue weighted by atomic mass is 10.3. The number of fused-ring (bicyclic) bond motifs is 1. The van der Waals surface area contributed by atoms with Crippen molar-refractivity contribution in [2.45, 2.75) is 4.90 Å². The predicted octanol–water partition coefficient (Wildman–Crippen LogP) is 2.58. The van der Waals surface area contributed by atoms with Crippen LogP contribution in [-0.2, 0) is 10.0 Å². The predicted molar refractivity (Wildman–Crippen MR) is 85.6 cm³/mol. The molecule has 7 nitrogen and oxygen atoms in total. The number of nitrogens with one attached hydrogen (secondary N) is 2. The van der Waals surface area contributed by atoms with Gasteiger partial charge in [-0.15, -0.1) is 0 Å². The van der Waals surface area contributed by atoms with Crippen molar-refractivity contribution in [3.05, 3.63) is 52.0 Å². The van der Waals surface area contributed by atoms with E-state index in [9.17, 15) is 13.2 Å². The first-order valence-electron chi connectivity index (χ1n) is 6.38. The van der Waals surface area contributed by atoms with E-state index in [4.69, 9.17) is 20.8 Å². The van der Waals surface area contributed by atoms with Crippen molar-refractivity contribution in [1.29, 1.82) is 0 Å². The topological polar surface area (TPSA) is 101 Å². The molecule has 0 saturated carbocycles. The Kier molecular flexibility index (Phi) is 3.78. The first-order valence-corrected chi connectivity index (χ1v) is 8.24. The number of halogens is 1. The number of sulfonamides is 1. The molecule has 0 fully saturated rings. The van der Waals surface area contributed by atoms with Crippen molar-refractivity contribution in [3.8, 4) is 5.75 Å². The number of H-pyrrole nitrogens is 1. The second-order valence-electron chi connectivity index (χ2n) is 4.62. The molecule has 0 amide bonds. The van der Waals surface area contributed by atoms with E-state index < -0.39 is 15.8 Å². The molecule has 3 aromatic rings. The largest absolute Gasteiger partial charge is 0.497 e. The van der Waals surface area contributed by atoms with Gasteiger partial charge in [-0.25, -0.2) is 13.2 Å². The van der Waals surface area contributed by atoms with Gasteiger partial charge in [0.1, 0.15) is 5.75 Å². The Hall–Kier alpha value is -2.45. The zero-order chi connectivity index (χ0) is 16.6. The van der Waals surface area contributed by atoms with Gasteiger partial charge in [-0.2, -0.15) is 0 Å². The maximum absolute atomic E-state index is 12.5. The number of oxazole rings is 1. The number of hydrogen-bond donors (Lipinski definition) is 2. The molecule has 0 aliphatic carbocycles. The molecule has 3 rings (SSSR count). The number of hydrogen-bond acceptors (Lipinski definition) is 5. The Balaban J connectivity index is 2.01. The number of aromatic nitrogens is 1. The molecule has 23 heavy (non-hydrogen) atoms. The summed E-state index contributed by atoms with van der Waals surface area (Å²) in [6.07, 6.45) is 0. The van der Waals surface area contributed by atoms with E-state index in [1.54, 1.807) is 6.07 Å². The van der Waals surface area contributed by atoms with Crippen LogP contribution in [0.25, 0.3) is 11.1 Å². The highest BCUT2D eigenvalue weighted by Crippen LogP contribution is 2.29. The Morgan fingerprint density at radius 2 is 2.00 bits per heavy atom. The number of aromatic amines is 1. The van der Waals surface area contributed by atoms with Gasteiger partial charge in [0.2, 0.25) is 0 Å². The Labute approximate surface area is 135 Å². The fourth-order valence-corrected chi connectivity index (χ4v) is 3.31. The third kappa shape index (κ3) is 3.03. The van der Waals surface area contributed by atoms with Crippen LogP contribution in [0.1, 0.15) is 0 Å².